The standard InChI is InChI=1S/C16H24N4O3/c1-13(21)19-10-14(22)9-16(12-19)3-7-18(8-4-16)15(23)11-20-6-2-5-17-20/h2,5-6,14,22H,3-4,7-12H2,1H3. The van der Waals surface area contributed by atoms with Gasteiger partial charge in [0, 0.05) is 45.5 Å². The Balaban J connectivity index is 1.58. The summed E-state index contributed by atoms with van der Waals surface area (Å²) in [5.74, 6) is 0.0867. The molecule has 7 heteroatoms. The highest BCUT2D eigenvalue weighted by Crippen LogP contribution is 2.40. The third kappa shape index (κ3) is 3.55. The highest BCUT2D eigenvalue weighted by Gasteiger charge is 2.42. The Bertz CT molecular complexity index is 564. The number of aromatic nitrogens is 2. The number of likely N-dealkylation sites (tertiary alicyclic amines) is 2. The van der Waals surface area contributed by atoms with Gasteiger partial charge in [-0.05, 0) is 30.7 Å². The van der Waals surface area contributed by atoms with Crippen LogP contribution in [0, 0.1) is 5.41 Å². The van der Waals surface area contributed by atoms with Gasteiger partial charge in [-0.25, -0.2) is 0 Å². The molecule has 2 amide bonds. The van der Waals surface area contributed by atoms with Crippen LogP contribution in [0.1, 0.15) is 26.2 Å². The predicted octanol–water partition coefficient (Wildman–Crippen LogP) is 0.105. The van der Waals surface area contributed by atoms with Crippen molar-refractivity contribution in [3.05, 3.63) is 18.5 Å². The first kappa shape index (κ1) is 16.0. The fraction of sp³-hybridized carbons (Fsp3) is 0.688. The van der Waals surface area contributed by atoms with Crippen molar-refractivity contribution >= 4 is 11.8 Å². The maximum atomic E-state index is 12.3. The predicted molar refractivity (Wildman–Crippen MR) is 83.4 cm³/mol. The molecule has 1 atom stereocenters. The number of carbonyl (C=O) groups is 2. The second-order valence-electron chi connectivity index (χ2n) is 6.84. The zero-order chi connectivity index (χ0) is 16.4. The molecule has 2 aliphatic heterocycles. The van der Waals surface area contributed by atoms with E-state index in [2.05, 4.69) is 5.10 Å². The monoisotopic (exact) mass is 320 g/mol. The van der Waals surface area contributed by atoms with Crippen LogP contribution in [-0.2, 0) is 16.1 Å². The van der Waals surface area contributed by atoms with Gasteiger partial charge in [-0.1, -0.05) is 0 Å². The Morgan fingerprint density at radius 2 is 2.04 bits per heavy atom. The lowest BCUT2D eigenvalue weighted by Gasteiger charge is -2.49. The van der Waals surface area contributed by atoms with E-state index in [1.165, 1.54) is 0 Å². The average molecular weight is 320 g/mol. The Kier molecular flexibility index (Phi) is 4.39. The number of amides is 2. The van der Waals surface area contributed by atoms with Gasteiger partial charge < -0.3 is 14.9 Å². The van der Waals surface area contributed by atoms with E-state index in [1.54, 1.807) is 35.0 Å². The van der Waals surface area contributed by atoms with Gasteiger partial charge in [-0.15, -0.1) is 0 Å². The number of carbonyl (C=O) groups excluding carboxylic acids is 2. The molecule has 2 saturated heterocycles. The molecule has 126 valence electrons. The molecule has 0 aliphatic carbocycles. The second kappa shape index (κ2) is 6.31. The summed E-state index contributed by atoms with van der Waals surface area (Å²) in [4.78, 5) is 27.6. The molecule has 1 spiro atoms. The second-order valence-corrected chi connectivity index (χ2v) is 6.84. The highest BCUT2D eigenvalue weighted by molar-refractivity contribution is 5.76. The molecular formula is C16H24N4O3. The van der Waals surface area contributed by atoms with Crippen LogP contribution in [-0.4, -0.2) is 68.8 Å². The smallest absolute Gasteiger partial charge is 0.244 e. The van der Waals surface area contributed by atoms with Crippen LogP contribution in [0.4, 0.5) is 0 Å². The molecular weight excluding hydrogens is 296 g/mol. The van der Waals surface area contributed by atoms with E-state index in [-0.39, 0.29) is 23.8 Å². The fourth-order valence-electron chi connectivity index (χ4n) is 3.82. The third-order valence-electron chi connectivity index (χ3n) is 5.10. The number of aliphatic hydroxyl groups is 1. The minimum atomic E-state index is -0.459. The number of hydrogen-bond donors (Lipinski definition) is 1. The van der Waals surface area contributed by atoms with Gasteiger partial charge >= 0.3 is 0 Å². The molecule has 0 bridgehead atoms. The van der Waals surface area contributed by atoms with Gasteiger partial charge in [0.1, 0.15) is 6.54 Å². The lowest BCUT2D eigenvalue weighted by molar-refractivity contribution is -0.142. The lowest BCUT2D eigenvalue weighted by atomic mass is 9.71. The third-order valence-corrected chi connectivity index (χ3v) is 5.10. The largest absolute Gasteiger partial charge is 0.391 e. The van der Waals surface area contributed by atoms with Crippen LogP contribution >= 0.6 is 0 Å². The minimum Gasteiger partial charge on any atom is -0.391 e. The van der Waals surface area contributed by atoms with Crippen molar-refractivity contribution in [2.45, 2.75) is 38.8 Å². The van der Waals surface area contributed by atoms with Crippen molar-refractivity contribution in [2.75, 3.05) is 26.2 Å². The lowest BCUT2D eigenvalue weighted by Crippen LogP contribution is -2.55. The Morgan fingerprint density at radius 3 is 2.65 bits per heavy atom. The van der Waals surface area contributed by atoms with Crippen LogP contribution in [0.5, 0.6) is 0 Å². The Labute approximate surface area is 135 Å². The summed E-state index contributed by atoms with van der Waals surface area (Å²) in [7, 11) is 0. The molecule has 0 radical (unpaired) electrons. The molecule has 1 N–H and O–H groups in total. The van der Waals surface area contributed by atoms with E-state index >= 15 is 0 Å². The van der Waals surface area contributed by atoms with Gasteiger partial charge in [0.25, 0.3) is 0 Å². The number of β-amino-alcohol motifs (C(OH)–C–C–N with tert-alkyl or cyclic N) is 1. The normalized spacial score (nSPS) is 24.0. The van der Waals surface area contributed by atoms with Crippen molar-refractivity contribution in [2.24, 2.45) is 5.41 Å². The number of aliphatic hydroxyl groups excluding tert-OH is 1. The highest BCUT2D eigenvalue weighted by atomic mass is 16.3. The number of hydrogen-bond acceptors (Lipinski definition) is 4. The molecule has 23 heavy (non-hydrogen) atoms. The summed E-state index contributed by atoms with van der Waals surface area (Å²) in [6.45, 7) is 4.30. The van der Waals surface area contributed by atoms with E-state index < -0.39 is 6.10 Å². The quantitative estimate of drug-likeness (QED) is 0.838. The minimum absolute atomic E-state index is 0.0142. The van der Waals surface area contributed by atoms with Gasteiger partial charge in [-0.2, -0.15) is 5.10 Å². The molecule has 3 rings (SSSR count). The van der Waals surface area contributed by atoms with Crippen LogP contribution < -0.4 is 0 Å². The maximum absolute atomic E-state index is 12.3. The summed E-state index contributed by atoms with van der Waals surface area (Å²) in [5, 5.41) is 14.2. The molecule has 2 aliphatic rings. The molecule has 1 aromatic heterocycles. The van der Waals surface area contributed by atoms with Crippen LogP contribution in [0.2, 0.25) is 0 Å². The fourth-order valence-corrected chi connectivity index (χ4v) is 3.82. The van der Waals surface area contributed by atoms with Crippen LogP contribution in [0.3, 0.4) is 0 Å². The maximum Gasteiger partial charge on any atom is 0.244 e. The Hall–Kier alpha value is -1.89. The number of rotatable bonds is 2. The summed E-state index contributed by atoms with van der Waals surface area (Å²) < 4.78 is 1.63. The van der Waals surface area contributed by atoms with Crippen molar-refractivity contribution in [1.82, 2.24) is 19.6 Å². The van der Waals surface area contributed by atoms with Crippen molar-refractivity contribution in [3.8, 4) is 0 Å². The molecule has 0 saturated carbocycles. The van der Waals surface area contributed by atoms with E-state index in [0.717, 1.165) is 19.3 Å². The van der Waals surface area contributed by atoms with Crippen molar-refractivity contribution in [1.29, 1.82) is 0 Å². The summed E-state index contributed by atoms with van der Waals surface area (Å²) in [6, 6.07) is 1.80. The molecule has 7 nitrogen and oxygen atoms in total. The zero-order valence-corrected chi connectivity index (χ0v) is 13.5. The molecule has 2 fully saturated rings. The molecule has 0 aromatic carbocycles. The topological polar surface area (TPSA) is 78.7 Å². The average Bonchev–Trinajstić information content (AvgIpc) is 3.00. The van der Waals surface area contributed by atoms with Gasteiger partial charge in [0.2, 0.25) is 11.8 Å². The van der Waals surface area contributed by atoms with Gasteiger partial charge in [-0.3, -0.25) is 14.3 Å². The van der Waals surface area contributed by atoms with E-state index in [9.17, 15) is 14.7 Å². The van der Waals surface area contributed by atoms with Crippen LogP contribution in [0.15, 0.2) is 18.5 Å². The van der Waals surface area contributed by atoms with E-state index in [1.807, 2.05) is 4.90 Å². The van der Waals surface area contributed by atoms with Gasteiger partial charge in [0.15, 0.2) is 0 Å². The number of nitrogens with zero attached hydrogens (tertiary/aromatic N) is 4. The first-order valence-electron chi connectivity index (χ1n) is 8.16. The van der Waals surface area contributed by atoms with E-state index in [0.29, 0.717) is 26.2 Å². The van der Waals surface area contributed by atoms with Crippen molar-refractivity contribution < 1.29 is 14.7 Å². The SMILES string of the molecule is CC(=O)N1CC(O)CC2(CCN(C(=O)Cn3cccn3)CC2)C1. The molecule has 1 aromatic rings. The first-order valence-corrected chi connectivity index (χ1v) is 8.16. The van der Waals surface area contributed by atoms with Crippen molar-refractivity contribution in [3.63, 3.8) is 0 Å². The van der Waals surface area contributed by atoms with E-state index in [4.69, 9.17) is 0 Å². The Morgan fingerprint density at radius 1 is 1.30 bits per heavy atom. The molecule has 1 unspecified atom stereocenters. The molecule has 3 heterocycles. The number of piperidine rings is 2. The summed E-state index contributed by atoms with van der Waals surface area (Å²) >= 11 is 0. The summed E-state index contributed by atoms with van der Waals surface area (Å²) in [6.07, 6.45) is 5.37. The zero-order valence-electron chi connectivity index (χ0n) is 13.5. The van der Waals surface area contributed by atoms with Gasteiger partial charge in [0.05, 0.1) is 6.10 Å². The van der Waals surface area contributed by atoms with Crippen LogP contribution in [0.25, 0.3) is 0 Å². The summed E-state index contributed by atoms with van der Waals surface area (Å²) in [5.41, 5.74) is -0.0498. The first-order chi connectivity index (χ1) is 11.0.